The van der Waals surface area contributed by atoms with Gasteiger partial charge in [0.25, 0.3) is 0 Å². The molecule has 0 spiro atoms. The van der Waals surface area contributed by atoms with Crippen LogP contribution in [0.3, 0.4) is 0 Å². The summed E-state index contributed by atoms with van der Waals surface area (Å²) in [5.41, 5.74) is -5.65. The Morgan fingerprint density at radius 3 is 1.89 bits per heavy atom. The van der Waals surface area contributed by atoms with Gasteiger partial charge in [0.15, 0.2) is 16.0 Å². The fourth-order valence-electron chi connectivity index (χ4n) is 3.55. The third-order valence-electron chi connectivity index (χ3n) is 5.96. The van der Waals surface area contributed by atoms with Gasteiger partial charge in [0, 0.05) is 59.6 Å². The van der Waals surface area contributed by atoms with Crippen LogP contribution in [0.2, 0.25) is 0 Å². The van der Waals surface area contributed by atoms with Crippen LogP contribution in [0.25, 0.3) is 0 Å². The van der Waals surface area contributed by atoms with Gasteiger partial charge < -0.3 is 39.5 Å². The van der Waals surface area contributed by atoms with Gasteiger partial charge in [0.2, 0.25) is 11.8 Å². The molecule has 0 aromatic carbocycles. The Morgan fingerprint density at radius 1 is 1.00 bits per heavy atom. The van der Waals surface area contributed by atoms with E-state index in [0.29, 0.717) is 38.7 Å². The number of aliphatic imine (C=N–C) groups is 1. The fraction of sp³-hybridized carbons (Fsp3) is 0.893. The van der Waals surface area contributed by atoms with Crippen molar-refractivity contribution < 1.29 is 90.5 Å². The molecule has 2 amide bonds. The molecule has 0 radical (unpaired) electrons. The SMILES string of the molecule is CCCC(=O)N(C)CCN(CCO)C(=O)CCC.CCCC1=NCCO1.CCCC1OCCN1C.CO.O=S(=O)([O-])C(F)(F)F.[Na+].[OH-]. The van der Waals surface area contributed by atoms with Crippen molar-refractivity contribution in [3.63, 3.8) is 0 Å². The van der Waals surface area contributed by atoms with Gasteiger partial charge in [-0.15, -0.1) is 0 Å². The summed E-state index contributed by atoms with van der Waals surface area (Å²) < 4.78 is 69.5. The topological polar surface area (TPSA) is 202 Å². The number of nitrogens with zero attached hydrogens (tertiary/aromatic N) is 4. The van der Waals surface area contributed by atoms with Gasteiger partial charge in [-0.3, -0.25) is 19.5 Å². The van der Waals surface area contributed by atoms with Crippen molar-refractivity contribution in [2.24, 2.45) is 4.99 Å². The maximum atomic E-state index is 11.8. The average molecular weight is 722 g/mol. The van der Waals surface area contributed by atoms with Crippen molar-refractivity contribution in [3.05, 3.63) is 0 Å². The molecular weight excluding hydrogens is 664 g/mol. The second kappa shape index (κ2) is 33.4. The van der Waals surface area contributed by atoms with Crippen LogP contribution in [0.4, 0.5) is 13.2 Å². The van der Waals surface area contributed by atoms with E-state index in [1.54, 1.807) is 16.8 Å². The van der Waals surface area contributed by atoms with E-state index in [-0.39, 0.29) is 53.5 Å². The van der Waals surface area contributed by atoms with E-state index in [9.17, 15) is 22.8 Å². The minimum atomic E-state index is -6.09. The Bertz CT molecular complexity index is 904. The van der Waals surface area contributed by atoms with Gasteiger partial charge in [-0.25, -0.2) is 8.42 Å². The molecule has 0 aromatic heterocycles. The molecule has 2 heterocycles. The summed E-state index contributed by atoms with van der Waals surface area (Å²) in [7, 11) is -1.22. The number of ether oxygens (including phenoxy) is 2. The van der Waals surface area contributed by atoms with E-state index in [4.69, 9.17) is 32.7 Å². The molecule has 2 aliphatic rings. The number of amides is 2. The zero-order valence-corrected chi connectivity index (χ0v) is 32.2. The predicted octanol–water partition coefficient (Wildman–Crippen LogP) is -0.357. The second-order valence-electron chi connectivity index (χ2n) is 9.79. The van der Waals surface area contributed by atoms with E-state index in [0.717, 1.165) is 65.0 Å². The van der Waals surface area contributed by atoms with E-state index in [1.807, 2.05) is 13.8 Å². The number of carbonyl (C=O) groups is 2. The molecule has 1 atom stereocenters. The van der Waals surface area contributed by atoms with Crippen LogP contribution in [-0.4, -0.2) is 147 Å². The van der Waals surface area contributed by atoms with Gasteiger partial charge >= 0.3 is 35.1 Å². The smallest absolute Gasteiger partial charge is 0.870 e. The zero-order valence-electron chi connectivity index (χ0n) is 29.4. The summed E-state index contributed by atoms with van der Waals surface area (Å²) in [5, 5.41) is 15.9. The van der Waals surface area contributed by atoms with Crippen LogP contribution >= 0.6 is 0 Å². The fourth-order valence-corrected chi connectivity index (χ4v) is 3.55. The molecule has 3 N–H and O–H groups in total. The Balaban J connectivity index is -0.000000172. The largest absolute Gasteiger partial charge is 1.00 e. The van der Waals surface area contributed by atoms with Crippen molar-refractivity contribution in [2.45, 2.75) is 90.8 Å². The number of halogens is 3. The Morgan fingerprint density at radius 2 is 1.53 bits per heavy atom. The molecule has 47 heavy (non-hydrogen) atoms. The first-order valence-electron chi connectivity index (χ1n) is 15.2. The minimum Gasteiger partial charge on any atom is -0.870 e. The molecule has 0 aromatic rings. The maximum absolute atomic E-state index is 11.8. The maximum Gasteiger partial charge on any atom is 1.00 e. The van der Waals surface area contributed by atoms with Crippen molar-refractivity contribution in [3.8, 4) is 0 Å². The first-order chi connectivity index (χ1) is 21.1. The molecule has 0 saturated carbocycles. The molecule has 1 saturated heterocycles. The summed E-state index contributed by atoms with van der Waals surface area (Å²) in [6.07, 6.45) is 7.62. The monoisotopic (exact) mass is 721 g/mol. The van der Waals surface area contributed by atoms with Crippen molar-refractivity contribution in [2.75, 3.05) is 73.7 Å². The van der Waals surface area contributed by atoms with E-state index >= 15 is 0 Å². The first-order valence-corrected chi connectivity index (χ1v) is 16.6. The van der Waals surface area contributed by atoms with E-state index < -0.39 is 15.6 Å². The van der Waals surface area contributed by atoms with Crippen LogP contribution < -0.4 is 29.6 Å². The van der Waals surface area contributed by atoms with Crippen LogP contribution in [0, 0.1) is 0 Å². The summed E-state index contributed by atoms with van der Waals surface area (Å²) in [5.74, 6) is 1.10. The molecule has 19 heteroatoms. The molecule has 2 aliphatic heterocycles. The van der Waals surface area contributed by atoms with Crippen molar-refractivity contribution in [1.29, 1.82) is 0 Å². The third kappa shape index (κ3) is 29.5. The summed E-state index contributed by atoms with van der Waals surface area (Å²) in [4.78, 5) is 33.0. The molecule has 2 rings (SSSR count). The summed E-state index contributed by atoms with van der Waals surface area (Å²) in [6, 6.07) is 0. The number of likely N-dealkylation sites (N-methyl/N-ethyl adjacent to an activating group) is 2. The number of aliphatic hydroxyl groups excluding tert-OH is 2. The molecule has 0 aliphatic carbocycles. The molecule has 14 nitrogen and oxygen atoms in total. The quantitative estimate of drug-likeness (QED) is 0.143. The molecule has 1 fully saturated rings. The Labute approximate surface area is 301 Å². The summed E-state index contributed by atoms with van der Waals surface area (Å²) >= 11 is 0. The van der Waals surface area contributed by atoms with Gasteiger partial charge in [-0.1, -0.05) is 34.1 Å². The van der Waals surface area contributed by atoms with Crippen LogP contribution in [0.5, 0.6) is 0 Å². The van der Waals surface area contributed by atoms with Crippen LogP contribution in [-0.2, 0) is 29.2 Å². The van der Waals surface area contributed by atoms with Gasteiger partial charge in [-0.05, 0) is 32.7 Å². The number of hydrogen-bond acceptors (Lipinski definition) is 12. The summed E-state index contributed by atoms with van der Waals surface area (Å²) in [6.45, 7) is 13.2. The Hall–Kier alpha value is -1.09. The number of rotatable bonds is 13. The first kappa shape index (κ1) is 55.3. The molecule has 278 valence electrons. The normalized spacial score (nSPS) is 15.1. The number of aliphatic hydroxyl groups is 2. The number of carbonyl (C=O) groups excluding carboxylic acids is 2. The second-order valence-corrected chi connectivity index (χ2v) is 11.2. The molecular formula is C28H57F3N4NaO10S-. The van der Waals surface area contributed by atoms with Gasteiger partial charge in [0.05, 0.1) is 19.8 Å². The predicted molar refractivity (Wildman–Crippen MR) is 167 cm³/mol. The standard InChI is InChI=1S/C13H26N2O3.C7H15NO.C6H11NO.CHF3O3S.CH4O.Na.H2O/c1-4-6-12(17)14(3)8-9-15(10-11-16)13(18)7-5-2;1-3-4-7-8(2)5-6-9-7;1-2-3-6-7-4-5-8-6;2-1(3,4)8(5,6)7;1-2;;/h16H,4-11H2,1-3H3;7H,3-6H2,1-2H3;2-5H2,1H3;(H,5,6,7);2H,1H3;;1H2/q;;;;;+1;/p-2. The third-order valence-corrected chi connectivity index (χ3v) is 6.53. The number of hydrogen-bond donors (Lipinski definition) is 2. The van der Waals surface area contributed by atoms with Crippen molar-refractivity contribution >= 4 is 27.8 Å². The van der Waals surface area contributed by atoms with Gasteiger partial charge in [0.1, 0.15) is 12.8 Å². The van der Waals surface area contributed by atoms with E-state index in [1.165, 1.54) is 12.8 Å². The minimum absolute atomic E-state index is 0. The van der Waals surface area contributed by atoms with Crippen molar-refractivity contribution in [1.82, 2.24) is 14.7 Å². The molecule has 1 unspecified atom stereocenters. The molecule has 0 bridgehead atoms. The average Bonchev–Trinajstić information content (AvgIpc) is 3.64. The van der Waals surface area contributed by atoms with Gasteiger partial charge in [-0.2, -0.15) is 13.2 Å². The van der Waals surface area contributed by atoms with Crippen LogP contribution in [0.1, 0.15) is 79.1 Å². The van der Waals surface area contributed by atoms with Crippen LogP contribution in [0.15, 0.2) is 4.99 Å². The van der Waals surface area contributed by atoms with E-state index in [2.05, 4.69) is 30.8 Å². The Kier molecular flexibility index (Phi) is 39.3. The zero-order chi connectivity index (χ0) is 35.5. The number of alkyl halides is 3.